The van der Waals surface area contributed by atoms with Gasteiger partial charge in [-0.3, -0.25) is 0 Å². The molecule has 0 radical (unpaired) electrons. The standard InChI is InChI=1S/C72H56N2O4/c1-39(2)45-17-23-51(24-18-45)73(71-41(5)29-67-69(43(71)7)55-13-9-11-15-61(55)75-67)53-27-21-47-33-57-59-37-66-60(38-65(59)77-63(57)35-49(47)31-53)58-34-48-22-28-54(32-50(48)36-64(58)78-66)74(52-25-19-46(20-26-52)40(3)4)72-42(6)30-68-70(44(72)8)56-14-10-12-16-62(56)76-68/h9-40H,1-8H3. The molecule has 6 heteroatoms. The smallest absolute Gasteiger partial charge is 0.136 e. The second-order valence-electron chi connectivity index (χ2n) is 22.2. The molecule has 0 unspecified atom stereocenters. The van der Waals surface area contributed by atoms with Gasteiger partial charge in [-0.15, -0.1) is 0 Å². The maximum absolute atomic E-state index is 6.83. The second-order valence-corrected chi connectivity index (χ2v) is 22.2. The summed E-state index contributed by atoms with van der Waals surface area (Å²) < 4.78 is 26.5. The van der Waals surface area contributed by atoms with E-state index < -0.39 is 0 Å². The number of nitrogens with zero attached hydrogens (tertiary/aromatic N) is 2. The molecule has 0 amide bonds. The van der Waals surface area contributed by atoms with E-state index in [-0.39, 0.29) is 0 Å². The average Bonchev–Trinajstić information content (AvgIpc) is 4.26. The predicted octanol–water partition coefficient (Wildman–Crippen LogP) is 22.0. The molecule has 15 rings (SSSR count). The maximum atomic E-state index is 6.83. The van der Waals surface area contributed by atoms with Gasteiger partial charge in [-0.2, -0.15) is 0 Å². The molecule has 0 atom stereocenters. The van der Waals surface area contributed by atoms with Crippen LogP contribution < -0.4 is 9.80 Å². The Hall–Kier alpha value is -9.26. The molecule has 4 heterocycles. The largest absolute Gasteiger partial charge is 0.456 e. The first kappa shape index (κ1) is 46.1. The molecule has 11 aromatic carbocycles. The number of hydrogen-bond donors (Lipinski definition) is 0. The second kappa shape index (κ2) is 17.1. The van der Waals surface area contributed by atoms with Gasteiger partial charge in [0.1, 0.15) is 44.7 Å². The Kier molecular flexibility index (Phi) is 10.1. The summed E-state index contributed by atoms with van der Waals surface area (Å²) in [5, 5.41) is 13.2. The van der Waals surface area contributed by atoms with Crippen molar-refractivity contribution < 1.29 is 17.7 Å². The summed E-state index contributed by atoms with van der Waals surface area (Å²) in [6, 6.07) is 66.0. The van der Waals surface area contributed by atoms with Crippen molar-refractivity contribution in [3.63, 3.8) is 0 Å². The number of aryl methyl sites for hydroxylation is 4. The van der Waals surface area contributed by atoms with Crippen molar-refractivity contribution in [2.24, 2.45) is 0 Å². The molecule has 15 aromatic rings. The zero-order chi connectivity index (χ0) is 52.8. The van der Waals surface area contributed by atoms with Gasteiger partial charge >= 0.3 is 0 Å². The van der Waals surface area contributed by atoms with Crippen LogP contribution in [0, 0.1) is 27.7 Å². The quantitative estimate of drug-likeness (QED) is 0.151. The van der Waals surface area contributed by atoms with E-state index in [9.17, 15) is 0 Å². The zero-order valence-electron chi connectivity index (χ0n) is 45.0. The highest BCUT2D eigenvalue weighted by Crippen LogP contribution is 2.48. The van der Waals surface area contributed by atoms with E-state index in [2.05, 4.69) is 235 Å². The van der Waals surface area contributed by atoms with Crippen LogP contribution in [0.4, 0.5) is 34.1 Å². The van der Waals surface area contributed by atoms with Crippen molar-refractivity contribution in [1.29, 1.82) is 0 Å². The van der Waals surface area contributed by atoms with Gasteiger partial charge in [0, 0.05) is 65.8 Å². The molecule has 0 saturated heterocycles. The highest BCUT2D eigenvalue weighted by Gasteiger charge is 2.25. The van der Waals surface area contributed by atoms with Crippen LogP contribution >= 0.6 is 0 Å². The lowest BCUT2D eigenvalue weighted by atomic mass is 9.98. The third kappa shape index (κ3) is 7.02. The van der Waals surface area contributed by atoms with Crippen molar-refractivity contribution in [3.8, 4) is 0 Å². The van der Waals surface area contributed by atoms with Crippen LogP contribution in [-0.2, 0) is 0 Å². The molecule has 0 saturated carbocycles. The van der Waals surface area contributed by atoms with Crippen LogP contribution in [0.1, 0.15) is 72.9 Å². The molecule has 0 aliphatic heterocycles. The Labute approximate surface area is 451 Å². The lowest BCUT2D eigenvalue weighted by molar-refractivity contribution is 0.664. The number of rotatable bonds is 8. The molecule has 6 nitrogen and oxygen atoms in total. The number of hydrogen-bond acceptors (Lipinski definition) is 6. The number of para-hydroxylation sites is 2. The minimum atomic E-state index is 0.427. The maximum Gasteiger partial charge on any atom is 0.136 e. The molecule has 378 valence electrons. The molecule has 0 N–H and O–H groups in total. The Morgan fingerprint density at radius 1 is 0.295 bits per heavy atom. The van der Waals surface area contributed by atoms with Gasteiger partial charge in [0.25, 0.3) is 0 Å². The van der Waals surface area contributed by atoms with E-state index in [1.165, 1.54) is 22.3 Å². The summed E-state index contributed by atoms with van der Waals surface area (Å²) in [5.74, 6) is 0.854. The fraction of sp³-hybridized carbons (Fsp3) is 0.139. The Morgan fingerprint density at radius 3 is 1.06 bits per heavy atom. The third-order valence-electron chi connectivity index (χ3n) is 16.7. The van der Waals surface area contributed by atoms with Crippen LogP contribution in [0.25, 0.3) is 109 Å². The molecular formula is C72H56N2O4. The minimum absolute atomic E-state index is 0.427. The van der Waals surface area contributed by atoms with Gasteiger partial charge in [0.2, 0.25) is 0 Å². The number of benzene rings is 11. The van der Waals surface area contributed by atoms with Crippen molar-refractivity contribution in [3.05, 3.63) is 215 Å². The van der Waals surface area contributed by atoms with Crippen molar-refractivity contribution >= 4 is 143 Å². The van der Waals surface area contributed by atoms with Gasteiger partial charge in [0.15, 0.2) is 0 Å². The van der Waals surface area contributed by atoms with Crippen LogP contribution in [0.15, 0.2) is 200 Å². The van der Waals surface area contributed by atoms with Crippen LogP contribution in [0.3, 0.4) is 0 Å². The molecule has 78 heavy (non-hydrogen) atoms. The first-order chi connectivity index (χ1) is 37.9. The van der Waals surface area contributed by atoms with E-state index in [1.54, 1.807) is 0 Å². The fourth-order valence-electron chi connectivity index (χ4n) is 12.8. The lowest BCUT2D eigenvalue weighted by Crippen LogP contribution is -2.13. The van der Waals surface area contributed by atoms with Crippen molar-refractivity contribution in [2.75, 3.05) is 9.80 Å². The average molecular weight is 1010 g/mol. The minimum Gasteiger partial charge on any atom is -0.456 e. The summed E-state index contributed by atoms with van der Waals surface area (Å²) in [6.07, 6.45) is 0. The lowest BCUT2D eigenvalue weighted by Gasteiger charge is -2.29. The van der Waals surface area contributed by atoms with E-state index in [1.807, 2.05) is 12.1 Å². The monoisotopic (exact) mass is 1010 g/mol. The van der Waals surface area contributed by atoms with E-state index in [0.717, 1.165) is 155 Å². The Morgan fingerprint density at radius 2 is 0.654 bits per heavy atom. The molecule has 0 aliphatic rings. The topological polar surface area (TPSA) is 59.0 Å². The van der Waals surface area contributed by atoms with E-state index >= 15 is 0 Å². The molecule has 0 aliphatic carbocycles. The zero-order valence-corrected chi connectivity index (χ0v) is 45.0. The highest BCUT2D eigenvalue weighted by molar-refractivity contribution is 6.19. The van der Waals surface area contributed by atoms with Gasteiger partial charge in [0.05, 0.1) is 11.4 Å². The fourth-order valence-corrected chi connectivity index (χ4v) is 12.8. The normalized spacial score (nSPS) is 12.3. The summed E-state index contributed by atoms with van der Waals surface area (Å²) in [5.41, 5.74) is 20.8. The van der Waals surface area contributed by atoms with Gasteiger partial charge < -0.3 is 27.5 Å². The van der Waals surface area contributed by atoms with Crippen LogP contribution in [-0.4, -0.2) is 0 Å². The SMILES string of the molecule is Cc1cc2oc3ccccc3c2c(C)c1N(c1ccc(C(C)C)cc1)c1ccc2cc3c(cc2c1)oc1cc2c(cc13)oc1cc3cc(N(c4ccc(C(C)C)cc4)c4c(C)cc5oc6ccccc6c5c4C)ccc3cc12. The Balaban J connectivity index is 0.835. The molecule has 0 fully saturated rings. The molecular weight excluding hydrogens is 957 g/mol. The Bertz CT molecular complexity index is 4650. The van der Waals surface area contributed by atoms with E-state index in [0.29, 0.717) is 11.8 Å². The van der Waals surface area contributed by atoms with Crippen molar-refractivity contribution in [1.82, 2.24) is 0 Å². The predicted molar refractivity (Wildman–Crippen MR) is 327 cm³/mol. The van der Waals surface area contributed by atoms with E-state index in [4.69, 9.17) is 17.7 Å². The number of fused-ring (bicyclic) bond motifs is 14. The molecule has 4 aromatic heterocycles. The number of anilines is 6. The molecule has 0 bridgehead atoms. The number of furan rings is 4. The van der Waals surface area contributed by atoms with Gasteiger partial charge in [-0.25, -0.2) is 0 Å². The molecule has 0 spiro atoms. The summed E-state index contributed by atoms with van der Waals surface area (Å²) >= 11 is 0. The van der Waals surface area contributed by atoms with Crippen LogP contribution in [0.2, 0.25) is 0 Å². The first-order valence-electron chi connectivity index (χ1n) is 27.3. The first-order valence-corrected chi connectivity index (χ1v) is 27.3. The van der Waals surface area contributed by atoms with Crippen LogP contribution in [0.5, 0.6) is 0 Å². The summed E-state index contributed by atoms with van der Waals surface area (Å²) in [6.45, 7) is 17.8. The summed E-state index contributed by atoms with van der Waals surface area (Å²) in [4.78, 5) is 4.82. The highest BCUT2D eigenvalue weighted by atomic mass is 16.3. The summed E-state index contributed by atoms with van der Waals surface area (Å²) in [7, 11) is 0. The van der Waals surface area contributed by atoms with Gasteiger partial charge in [-0.1, -0.05) is 100 Å². The third-order valence-corrected chi connectivity index (χ3v) is 16.7. The van der Waals surface area contributed by atoms with Crippen molar-refractivity contribution in [2.45, 2.75) is 67.2 Å². The van der Waals surface area contributed by atoms with Gasteiger partial charge in [-0.05, 0) is 204 Å².